The fourth-order valence-electron chi connectivity index (χ4n) is 1.83. The number of rotatable bonds is 2. The Kier molecular flexibility index (Phi) is 3.07. The summed E-state index contributed by atoms with van der Waals surface area (Å²) >= 11 is 0. The van der Waals surface area contributed by atoms with E-state index >= 15 is 0 Å². The summed E-state index contributed by atoms with van der Waals surface area (Å²) in [5, 5.41) is 19.0. The average molecular weight is 221 g/mol. The molecule has 1 aliphatic heterocycles. The van der Waals surface area contributed by atoms with Crippen LogP contribution in [0.25, 0.3) is 0 Å². The molecule has 0 bridgehead atoms. The molecule has 0 unspecified atom stereocenters. The van der Waals surface area contributed by atoms with Crippen molar-refractivity contribution in [3.63, 3.8) is 0 Å². The number of carbonyl (C=O) groups excluding carboxylic acids is 1. The summed E-state index contributed by atoms with van der Waals surface area (Å²) < 4.78 is 0. The molecule has 86 valence electrons. The first-order valence-electron chi connectivity index (χ1n) is 5.24. The molecule has 0 saturated carbocycles. The molecule has 5 nitrogen and oxygen atoms in total. The number of anilines is 1. The van der Waals surface area contributed by atoms with Crippen LogP contribution >= 0.6 is 0 Å². The summed E-state index contributed by atoms with van der Waals surface area (Å²) in [6.45, 7) is 1.60. The van der Waals surface area contributed by atoms with Gasteiger partial charge in [-0.3, -0.25) is 10.0 Å². The van der Waals surface area contributed by atoms with E-state index in [9.17, 15) is 10.0 Å². The normalized spacial score (nSPS) is 15.2. The third kappa shape index (κ3) is 2.15. The van der Waals surface area contributed by atoms with Gasteiger partial charge < -0.3 is 15.3 Å². The van der Waals surface area contributed by atoms with Crippen molar-refractivity contribution in [2.75, 3.05) is 18.3 Å². The Morgan fingerprint density at radius 2 is 1.81 bits per heavy atom. The highest BCUT2D eigenvalue weighted by molar-refractivity contribution is 5.94. The van der Waals surface area contributed by atoms with Gasteiger partial charge in [0, 0.05) is 18.7 Å². The molecule has 1 aliphatic rings. The highest BCUT2D eigenvalue weighted by Gasteiger charge is 2.18. The molecule has 16 heavy (non-hydrogen) atoms. The predicted molar refractivity (Wildman–Crippen MR) is 59.2 cm³/mol. The van der Waals surface area contributed by atoms with Gasteiger partial charge in [-0.25, -0.2) is 0 Å². The van der Waals surface area contributed by atoms with E-state index in [2.05, 4.69) is 0 Å². The fraction of sp³-hybridized carbons (Fsp3) is 0.364. The van der Waals surface area contributed by atoms with Crippen LogP contribution in [0.2, 0.25) is 0 Å². The third-order valence-electron chi connectivity index (χ3n) is 2.73. The van der Waals surface area contributed by atoms with Crippen molar-refractivity contribution in [1.29, 1.82) is 0 Å². The highest BCUT2D eigenvalue weighted by Crippen LogP contribution is 2.16. The van der Waals surface area contributed by atoms with Crippen molar-refractivity contribution in [2.45, 2.75) is 12.8 Å². The Balaban J connectivity index is 2.11. The molecule has 1 fully saturated rings. The van der Waals surface area contributed by atoms with Crippen molar-refractivity contribution < 1.29 is 10.0 Å². The van der Waals surface area contributed by atoms with E-state index in [0.717, 1.165) is 25.9 Å². The van der Waals surface area contributed by atoms with Gasteiger partial charge in [0.2, 0.25) is 0 Å². The molecule has 1 heterocycles. The second-order valence-electron chi connectivity index (χ2n) is 3.82. The van der Waals surface area contributed by atoms with Gasteiger partial charge in [0.25, 0.3) is 5.91 Å². The van der Waals surface area contributed by atoms with Gasteiger partial charge in [-0.2, -0.15) is 0 Å². The summed E-state index contributed by atoms with van der Waals surface area (Å²) in [6.07, 6.45) is 2.10. The van der Waals surface area contributed by atoms with Gasteiger partial charge in [-0.15, -0.1) is 0 Å². The number of nitrogens with zero attached hydrogens (tertiary/aromatic N) is 2. The topological polar surface area (TPSA) is 66.8 Å². The summed E-state index contributed by atoms with van der Waals surface area (Å²) in [5.41, 5.74) is 0.672. The van der Waals surface area contributed by atoms with E-state index in [1.807, 2.05) is 0 Å². The third-order valence-corrected chi connectivity index (χ3v) is 2.73. The second-order valence-corrected chi connectivity index (χ2v) is 3.82. The standard InChI is InChI=1S/C11H13N2O3/c14-11(12-7-1-2-8-12)9-3-5-10(6-4-9)13(15)16/h3-6,15H,1-2,7-8H2/q-1. The summed E-state index contributed by atoms with van der Waals surface area (Å²) in [6, 6.07) is 5.96. The van der Waals surface area contributed by atoms with E-state index in [0.29, 0.717) is 5.56 Å². The second kappa shape index (κ2) is 4.51. The summed E-state index contributed by atoms with van der Waals surface area (Å²) in [4.78, 5) is 13.7. The van der Waals surface area contributed by atoms with Crippen molar-refractivity contribution in [3.05, 3.63) is 35.0 Å². The van der Waals surface area contributed by atoms with E-state index < -0.39 is 0 Å². The van der Waals surface area contributed by atoms with Crippen LogP contribution in [-0.4, -0.2) is 29.1 Å². The smallest absolute Gasteiger partial charge is 0.253 e. The number of hydrogen-bond acceptors (Lipinski definition) is 4. The molecule has 0 aliphatic carbocycles. The lowest BCUT2D eigenvalue weighted by Gasteiger charge is -2.22. The Morgan fingerprint density at radius 3 is 2.31 bits per heavy atom. The van der Waals surface area contributed by atoms with Crippen LogP contribution in [0, 0.1) is 5.21 Å². The van der Waals surface area contributed by atoms with Crippen LogP contribution in [0.4, 0.5) is 5.69 Å². The van der Waals surface area contributed by atoms with Crippen LogP contribution in [0.1, 0.15) is 23.2 Å². The minimum atomic E-state index is -0.218. The molecule has 0 atom stereocenters. The van der Waals surface area contributed by atoms with Crippen molar-refractivity contribution in [1.82, 2.24) is 4.90 Å². The fourth-order valence-corrected chi connectivity index (χ4v) is 1.83. The Bertz CT molecular complexity index is 369. The molecule has 1 saturated heterocycles. The monoisotopic (exact) mass is 221 g/mol. The number of carbonyl (C=O) groups is 1. The van der Waals surface area contributed by atoms with Crippen LogP contribution in [0.15, 0.2) is 24.3 Å². The zero-order valence-electron chi connectivity index (χ0n) is 8.80. The molecule has 0 spiro atoms. The largest absolute Gasteiger partial charge is 0.733 e. The summed E-state index contributed by atoms with van der Waals surface area (Å²) in [5.74, 6) is -0.0144. The maximum atomic E-state index is 11.9. The molecule has 1 aromatic rings. The Hall–Kier alpha value is -1.59. The zero-order valence-corrected chi connectivity index (χ0v) is 8.80. The molecule has 0 aromatic heterocycles. The summed E-state index contributed by atoms with van der Waals surface area (Å²) in [7, 11) is 0. The first-order chi connectivity index (χ1) is 7.68. The van der Waals surface area contributed by atoms with Crippen molar-refractivity contribution in [3.8, 4) is 0 Å². The molecular weight excluding hydrogens is 208 g/mol. The van der Waals surface area contributed by atoms with E-state index in [1.165, 1.54) is 12.1 Å². The van der Waals surface area contributed by atoms with Gasteiger partial charge in [0.15, 0.2) is 0 Å². The maximum absolute atomic E-state index is 11.9. The van der Waals surface area contributed by atoms with Gasteiger partial charge in [0.1, 0.15) is 0 Å². The van der Waals surface area contributed by atoms with Crippen LogP contribution in [0.3, 0.4) is 0 Å². The van der Waals surface area contributed by atoms with Gasteiger partial charge >= 0.3 is 0 Å². The zero-order chi connectivity index (χ0) is 11.5. The van der Waals surface area contributed by atoms with E-state index in [1.54, 1.807) is 17.0 Å². The Morgan fingerprint density at radius 1 is 1.25 bits per heavy atom. The molecule has 0 radical (unpaired) electrons. The van der Waals surface area contributed by atoms with E-state index in [-0.39, 0.29) is 16.8 Å². The number of amides is 1. The van der Waals surface area contributed by atoms with Crippen molar-refractivity contribution in [2.24, 2.45) is 0 Å². The highest BCUT2D eigenvalue weighted by atomic mass is 16.8. The number of hydrogen-bond donors (Lipinski definition) is 1. The van der Waals surface area contributed by atoms with Crippen LogP contribution in [0.5, 0.6) is 0 Å². The first kappa shape index (κ1) is 10.9. The SMILES string of the molecule is O=C(c1ccc(N([O-])O)cc1)N1CCCC1. The van der Waals surface area contributed by atoms with Crippen LogP contribution < -0.4 is 5.23 Å². The predicted octanol–water partition coefficient (Wildman–Crippen LogP) is 1.62. The van der Waals surface area contributed by atoms with Gasteiger partial charge in [-0.05, 0) is 37.1 Å². The average Bonchev–Trinajstić information content (AvgIpc) is 2.81. The quantitative estimate of drug-likeness (QED) is 0.770. The lowest BCUT2D eigenvalue weighted by molar-refractivity contribution is 0.0793. The minimum absolute atomic E-state index is 0.0144. The number of likely N-dealkylation sites (tertiary alicyclic amines) is 1. The lowest BCUT2D eigenvalue weighted by atomic mass is 10.2. The minimum Gasteiger partial charge on any atom is -0.733 e. The Labute approximate surface area is 93.4 Å². The van der Waals surface area contributed by atoms with Crippen molar-refractivity contribution >= 4 is 11.6 Å². The molecule has 2 rings (SSSR count). The molecular formula is C11H13N2O3-. The lowest BCUT2D eigenvalue weighted by Crippen LogP contribution is -2.27. The molecule has 1 amide bonds. The van der Waals surface area contributed by atoms with E-state index in [4.69, 9.17) is 5.21 Å². The van der Waals surface area contributed by atoms with Crippen LogP contribution in [-0.2, 0) is 0 Å². The molecule has 1 aromatic carbocycles. The first-order valence-corrected chi connectivity index (χ1v) is 5.24. The van der Waals surface area contributed by atoms with Gasteiger partial charge in [0.05, 0.1) is 5.69 Å². The van der Waals surface area contributed by atoms with Gasteiger partial charge in [-0.1, -0.05) is 0 Å². The molecule has 1 N–H and O–H groups in total. The molecule has 5 heteroatoms. The number of benzene rings is 1. The maximum Gasteiger partial charge on any atom is 0.253 e.